The van der Waals surface area contributed by atoms with Gasteiger partial charge in [-0.15, -0.1) is 0 Å². The van der Waals surface area contributed by atoms with Gasteiger partial charge in [0.15, 0.2) is 0 Å². The molecule has 2 rings (SSSR count). The van der Waals surface area contributed by atoms with Crippen molar-refractivity contribution in [1.82, 2.24) is 0 Å². The van der Waals surface area contributed by atoms with Crippen molar-refractivity contribution in [2.75, 3.05) is 0 Å². The van der Waals surface area contributed by atoms with Gasteiger partial charge in [-0.1, -0.05) is 36.4 Å². The van der Waals surface area contributed by atoms with E-state index in [0.717, 1.165) is 28.0 Å². The van der Waals surface area contributed by atoms with Gasteiger partial charge in [0.1, 0.15) is 12.4 Å². The van der Waals surface area contributed by atoms with Crippen LogP contribution in [0, 0.1) is 6.92 Å². The van der Waals surface area contributed by atoms with Crippen molar-refractivity contribution in [1.29, 1.82) is 0 Å². The maximum atomic E-state index is 10.7. The van der Waals surface area contributed by atoms with Crippen molar-refractivity contribution in [3.63, 3.8) is 0 Å². The minimum absolute atomic E-state index is 0.517. The van der Waals surface area contributed by atoms with Crippen LogP contribution in [0.3, 0.4) is 0 Å². The largest absolute Gasteiger partial charge is 0.489 e. The lowest BCUT2D eigenvalue weighted by atomic mass is 10.0. The van der Waals surface area contributed by atoms with E-state index in [1.807, 2.05) is 55.5 Å². The van der Waals surface area contributed by atoms with E-state index in [4.69, 9.17) is 9.84 Å². The SMILES string of the molecule is C/C(=C\C(=O)O)c1ccc(OCc2ccccc2)cc1C. The Morgan fingerprint density at radius 3 is 2.52 bits per heavy atom. The Morgan fingerprint density at radius 2 is 1.90 bits per heavy atom. The van der Waals surface area contributed by atoms with E-state index in [1.54, 1.807) is 6.92 Å². The van der Waals surface area contributed by atoms with E-state index < -0.39 is 5.97 Å². The standard InChI is InChI=1S/C18H18O3/c1-13-10-16(21-12-15-6-4-3-5-7-15)8-9-17(13)14(2)11-18(19)20/h3-11H,12H2,1-2H3,(H,19,20)/b14-11+. The summed E-state index contributed by atoms with van der Waals surface area (Å²) in [5.41, 5.74) is 3.76. The van der Waals surface area contributed by atoms with Gasteiger partial charge < -0.3 is 9.84 Å². The monoisotopic (exact) mass is 282 g/mol. The molecule has 0 bridgehead atoms. The van der Waals surface area contributed by atoms with Crippen LogP contribution < -0.4 is 4.74 Å². The van der Waals surface area contributed by atoms with Crippen LogP contribution in [0.2, 0.25) is 0 Å². The van der Waals surface area contributed by atoms with E-state index in [-0.39, 0.29) is 0 Å². The summed E-state index contributed by atoms with van der Waals surface area (Å²) >= 11 is 0. The molecule has 0 saturated carbocycles. The van der Waals surface area contributed by atoms with Crippen LogP contribution in [0.15, 0.2) is 54.6 Å². The summed E-state index contributed by atoms with van der Waals surface area (Å²) in [4.78, 5) is 10.7. The third-order valence-electron chi connectivity index (χ3n) is 3.21. The number of carboxylic acid groups (broad SMARTS) is 1. The van der Waals surface area contributed by atoms with Gasteiger partial charge in [0.05, 0.1) is 0 Å². The summed E-state index contributed by atoms with van der Waals surface area (Å²) < 4.78 is 5.75. The summed E-state index contributed by atoms with van der Waals surface area (Å²) in [5.74, 6) is -0.153. The van der Waals surface area contributed by atoms with Gasteiger partial charge in [-0.3, -0.25) is 0 Å². The fourth-order valence-corrected chi connectivity index (χ4v) is 2.17. The molecule has 0 unspecified atom stereocenters. The number of aryl methyl sites for hydroxylation is 1. The molecule has 0 fully saturated rings. The highest BCUT2D eigenvalue weighted by atomic mass is 16.5. The van der Waals surface area contributed by atoms with Gasteiger partial charge in [0, 0.05) is 6.08 Å². The number of rotatable bonds is 5. The summed E-state index contributed by atoms with van der Waals surface area (Å²) in [6, 6.07) is 15.6. The number of hydrogen-bond acceptors (Lipinski definition) is 2. The van der Waals surface area contributed by atoms with Crippen LogP contribution in [-0.2, 0) is 11.4 Å². The van der Waals surface area contributed by atoms with Crippen LogP contribution in [0.1, 0.15) is 23.6 Å². The van der Waals surface area contributed by atoms with E-state index >= 15 is 0 Å². The molecule has 0 spiro atoms. The fourth-order valence-electron chi connectivity index (χ4n) is 2.17. The average molecular weight is 282 g/mol. The van der Waals surface area contributed by atoms with Crippen molar-refractivity contribution in [2.45, 2.75) is 20.5 Å². The van der Waals surface area contributed by atoms with Crippen molar-refractivity contribution >= 4 is 11.5 Å². The quantitative estimate of drug-likeness (QED) is 0.841. The highest BCUT2D eigenvalue weighted by Gasteiger charge is 2.05. The Balaban J connectivity index is 2.10. The molecular weight excluding hydrogens is 264 g/mol. The second-order valence-electron chi connectivity index (χ2n) is 4.92. The molecule has 0 radical (unpaired) electrons. The molecule has 1 N–H and O–H groups in total. The fraction of sp³-hybridized carbons (Fsp3) is 0.167. The number of carbonyl (C=O) groups is 1. The molecule has 0 aliphatic heterocycles. The molecule has 108 valence electrons. The number of aliphatic carboxylic acids is 1. The number of allylic oxidation sites excluding steroid dienone is 1. The minimum Gasteiger partial charge on any atom is -0.489 e. The third kappa shape index (κ3) is 4.21. The maximum Gasteiger partial charge on any atom is 0.328 e. The van der Waals surface area contributed by atoms with Crippen LogP contribution in [0.25, 0.3) is 5.57 Å². The van der Waals surface area contributed by atoms with Crippen LogP contribution >= 0.6 is 0 Å². The Bertz CT molecular complexity index is 657. The topological polar surface area (TPSA) is 46.5 Å². The molecule has 2 aromatic carbocycles. The van der Waals surface area contributed by atoms with E-state index in [1.165, 1.54) is 6.08 Å². The molecule has 0 saturated heterocycles. The smallest absolute Gasteiger partial charge is 0.328 e. The van der Waals surface area contributed by atoms with E-state index in [2.05, 4.69) is 0 Å². The Kier molecular flexibility index (Phi) is 4.77. The van der Waals surface area contributed by atoms with Gasteiger partial charge in [-0.05, 0) is 48.2 Å². The summed E-state index contributed by atoms with van der Waals surface area (Å²) in [5, 5.41) is 8.80. The van der Waals surface area contributed by atoms with Gasteiger partial charge in [-0.25, -0.2) is 4.79 Å². The zero-order chi connectivity index (χ0) is 15.2. The predicted molar refractivity (Wildman–Crippen MR) is 83.2 cm³/mol. The Morgan fingerprint density at radius 1 is 1.19 bits per heavy atom. The van der Waals surface area contributed by atoms with E-state index in [0.29, 0.717) is 6.61 Å². The first-order valence-corrected chi connectivity index (χ1v) is 6.75. The van der Waals surface area contributed by atoms with Gasteiger partial charge >= 0.3 is 5.97 Å². The number of benzene rings is 2. The summed E-state index contributed by atoms with van der Waals surface area (Å²) in [7, 11) is 0. The molecule has 21 heavy (non-hydrogen) atoms. The van der Waals surface area contributed by atoms with Gasteiger partial charge in [-0.2, -0.15) is 0 Å². The van der Waals surface area contributed by atoms with Gasteiger partial charge in [0.2, 0.25) is 0 Å². The van der Waals surface area contributed by atoms with Gasteiger partial charge in [0.25, 0.3) is 0 Å². The molecule has 3 nitrogen and oxygen atoms in total. The summed E-state index contributed by atoms with van der Waals surface area (Å²) in [6.07, 6.45) is 1.22. The second-order valence-corrected chi connectivity index (χ2v) is 4.92. The van der Waals surface area contributed by atoms with Crippen molar-refractivity contribution in [3.8, 4) is 5.75 Å². The van der Waals surface area contributed by atoms with Crippen LogP contribution in [0.4, 0.5) is 0 Å². The maximum absolute atomic E-state index is 10.7. The highest BCUT2D eigenvalue weighted by molar-refractivity contribution is 5.89. The highest BCUT2D eigenvalue weighted by Crippen LogP contribution is 2.23. The Labute approximate surface area is 124 Å². The molecule has 0 aliphatic carbocycles. The number of ether oxygens (including phenoxy) is 1. The molecule has 0 atom stereocenters. The van der Waals surface area contributed by atoms with Crippen LogP contribution in [-0.4, -0.2) is 11.1 Å². The number of hydrogen-bond donors (Lipinski definition) is 1. The molecule has 2 aromatic rings. The van der Waals surface area contributed by atoms with E-state index in [9.17, 15) is 4.79 Å². The average Bonchev–Trinajstić information content (AvgIpc) is 2.45. The van der Waals surface area contributed by atoms with Crippen molar-refractivity contribution in [2.24, 2.45) is 0 Å². The van der Waals surface area contributed by atoms with Crippen molar-refractivity contribution < 1.29 is 14.6 Å². The molecule has 3 heteroatoms. The normalized spacial score (nSPS) is 11.2. The molecule has 0 amide bonds. The molecular formula is C18H18O3. The first-order valence-electron chi connectivity index (χ1n) is 6.75. The first kappa shape index (κ1) is 14.9. The lowest BCUT2D eigenvalue weighted by Crippen LogP contribution is -1.97. The van der Waals surface area contributed by atoms with Crippen LogP contribution in [0.5, 0.6) is 5.75 Å². The zero-order valence-electron chi connectivity index (χ0n) is 12.2. The second kappa shape index (κ2) is 6.75. The predicted octanol–water partition coefficient (Wildman–Crippen LogP) is 4.06. The number of carboxylic acids is 1. The molecule has 0 aliphatic rings. The zero-order valence-corrected chi connectivity index (χ0v) is 12.2. The summed E-state index contributed by atoms with van der Waals surface area (Å²) in [6.45, 7) is 4.26. The molecule has 0 aromatic heterocycles. The lowest BCUT2D eigenvalue weighted by Gasteiger charge is -2.10. The van der Waals surface area contributed by atoms with Crippen molar-refractivity contribution in [3.05, 3.63) is 71.3 Å². The third-order valence-corrected chi connectivity index (χ3v) is 3.21. The lowest BCUT2D eigenvalue weighted by molar-refractivity contribution is -0.131. The minimum atomic E-state index is -0.934. The molecule has 0 heterocycles. The first-order chi connectivity index (χ1) is 10.1. The Hall–Kier alpha value is -2.55.